The zero-order chi connectivity index (χ0) is 19.7. The number of aromatic nitrogens is 2. The molecule has 27 heavy (non-hydrogen) atoms. The number of carbonyl (C=O) groups excluding carboxylic acids is 1. The first-order chi connectivity index (χ1) is 12.8. The topological polar surface area (TPSA) is 46.9 Å². The molecule has 0 bridgehead atoms. The van der Waals surface area contributed by atoms with Gasteiger partial charge in [-0.25, -0.2) is 17.6 Å². The quantitative estimate of drug-likeness (QED) is 0.417. The van der Waals surface area contributed by atoms with Gasteiger partial charge in [0.1, 0.15) is 5.82 Å². The molecule has 0 aliphatic heterocycles. The van der Waals surface area contributed by atoms with Crippen molar-refractivity contribution < 1.29 is 22.4 Å². The van der Waals surface area contributed by atoms with Gasteiger partial charge in [0.25, 0.3) is 5.91 Å². The van der Waals surface area contributed by atoms with E-state index in [1.54, 1.807) is 12.1 Å². The number of carbonyl (C=O) groups is 1. The van der Waals surface area contributed by atoms with Crippen molar-refractivity contribution in [2.24, 2.45) is 0 Å². The molecule has 8 heteroatoms. The lowest BCUT2D eigenvalue weighted by atomic mass is 10.1. The summed E-state index contributed by atoms with van der Waals surface area (Å²) in [6.45, 7) is 3.35. The van der Waals surface area contributed by atoms with E-state index in [1.807, 2.05) is 19.9 Å². The third kappa shape index (κ3) is 3.84. The molecule has 3 aromatic rings. The van der Waals surface area contributed by atoms with Gasteiger partial charge < -0.3 is 5.32 Å². The second-order valence-corrected chi connectivity index (χ2v) is 6.13. The summed E-state index contributed by atoms with van der Waals surface area (Å²) in [6, 6.07) is 5.51. The molecule has 1 N–H and O–H groups in total. The normalized spacial score (nSPS) is 10.9. The molecule has 0 unspecified atom stereocenters. The molecule has 140 valence electrons. The highest BCUT2D eigenvalue weighted by molar-refractivity contribution is 6.04. The van der Waals surface area contributed by atoms with Crippen LogP contribution in [-0.2, 0) is 6.54 Å². The van der Waals surface area contributed by atoms with Crippen LogP contribution in [0.5, 0.6) is 0 Å². The minimum Gasteiger partial charge on any atom is -0.319 e. The van der Waals surface area contributed by atoms with E-state index in [0.29, 0.717) is 11.3 Å². The summed E-state index contributed by atoms with van der Waals surface area (Å²) < 4.78 is 54.9. The number of amides is 1. The molecular formula is C19H15F4N3O. The van der Waals surface area contributed by atoms with E-state index in [2.05, 4.69) is 10.4 Å². The maximum Gasteiger partial charge on any atom is 0.255 e. The van der Waals surface area contributed by atoms with E-state index in [-0.39, 0.29) is 12.0 Å². The van der Waals surface area contributed by atoms with Crippen LogP contribution >= 0.6 is 0 Å². The number of hydrogen-bond acceptors (Lipinski definition) is 2. The van der Waals surface area contributed by atoms with Crippen molar-refractivity contribution in [1.29, 1.82) is 0 Å². The van der Waals surface area contributed by atoms with Gasteiger partial charge in [-0.1, -0.05) is 6.07 Å². The summed E-state index contributed by atoms with van der Waals surface area (Å²) in [4.78, 5) is 12.3. The first-order valence-corrected chi connectivity index (χ1v) is 7.99. The second kappa shape index (κ2) is 7.22. The van der Waals surface area contributed by atoms with Crippen LogP contribution in [0.1, 0.15) is 27.0 Å². The highest BCUT2D eigenvalue weighted by Gasteiger charge is 2.19. The van der Waals surface area contributed by atoms with Gasteiger partial charge in [0.05, 0.1) is 18.4 Å². The van der Waals surface area contributed by atoms with Crippen molar-refractivity contribution in [3.63, 3.8) is 0 Å². The highest BCUT2D eigenvalue weighted by atomic mass is 19.2. The third-order valence-corrected chi connectivity index (χ3v) is 4.19. The molecule has 2 aromatic carbocycles. The molecule has 0 saturated carbocycles. The summed E-state index contributed by atoms with van der Waals surface area (Å²) in [7, 11) is 0. The van der Waals surface area contributed by atoms with Gasteiger partial charge >= 0.3 is 0 Å². The number of aryl methyl sites for hydroxylation is 2. The van der Waals surface area contributed by atoms with E-state index in [9.17, 15) is 22.4 Å². The molecule has 0 aliphatic rings. The SMILES string of the molecule is Cc1ccc(C(=O)Nc2cnn(Cc3c(F)cc(F)c(F)c3F)c2)cc1C. The number of hydrogen-bond donors (Lipinski definition) is 1. The van der Waals surface area contributed by atoms with E-state index < -0.39 is 35.4 Å². The van der Waals surface area contributed by atoms with Crippen LogP contribution in [0.2, 0.25) is 0 Å². The van der Waals surface area contributed by atoms with Crippen LogP contribution in [0.4, 0.5) is 23.2 Å². The molecule has 0 radical (unpaired) electrons. The number of nitrogens with zero attached hydrogens (tertiary/aromatic N) is 2. The van der Waals surface area contributed by atoms with Gasteiger partial charge in [0, 0.05) is 23.4 Å². The van der Waals surface area contributed by atoms with Crippen LogP contribution < -0.4 is 5.32 Å². The minimum atomic E-state index is -1.75. The van der Waals surface area contributed by atoms with Crippen molar-refractivity contribution in [2.75, 3.05) is 5.32 Å². The molecule has 4 nitrogen and oxygen atoms in total. The average Bonchev–Trinajstić information content (AvgIpc) is 3.06. The monoisotopic (exact) mass is 377 g/mol. The molecule has 0 spiro atoms. The van der Waals surface area contributed by atoms with Crippen molar-refractivity contribution in [2.45, 2.75) is 20.4 Å². The van der Waals surface area contributed by atoms with Crippen LogP contribution in [0, 0.1) is 37.1 Å². The van der Waals surface area contributed by atoms with Gasteiger partial charge in [0.2, 0.25) is 0 Å². The molecule has 0 atom stereocenters. The molecular weight excluding hydrogens is 362 g/mol. The van der Waals surface area contributed by atoms with Crippen LogP contribution in [0.3, 0.4) is 0 Å². The lowest BCUT2D eigenvalue weighted by Gasteiger charge is -2.07. The maximum absolute atomic E-state index is 13.8. The Balaban J connectivity index is 1.77. The predicted octanol–water partition coefficient (Wildman–Crippen LogP) is 4.36. The highest BCUT2D eigenvalue weighted by Crippen LogP contribution is 2.20. The first-order valence-electron chi connectivity index (χ1n) is 7.99. The molecule has 0 saturated heterocycles. The van der Waals surface area contributed by atoms with Crippen molar-refractivity contribution in [3.05, 3.63) is 82.2 Å². The van der Waals surface area contributed by atoms with Crippen molar-refractivity contribution >= 4 is 11.6 Å². The summed E-state index contributed by atoms with van der Waals surface area (Å²) in [5.41, 5.74) is 2.09. The Morgan fingerprint density at radius 1 is 1.04 bits per heavy atom. The van der Waals surface area contributed by atoms with E-state index in [4.69, 9.17) is 0 Å². The van der Waals surface area contributed by atoms with Crippen molar-refractivity contribution in [3.8, 4) is 0 Å². The number of anilines is 1. The van der Waals surface area contributed by atoms with Gasteiger partial charge in [0.15, 0.2) is 17.5 Å². The zero-order valence-electron chi connectivity index (χ0n) is 14.5. The third-order valence-electron chi connectivity index (χ3n) is 4.19. The lowest BCUT2D eigenvalue weighted by molar-refractivity contribution is 0.102. The lowest BCUT2D eigenvalue weighted by Crippen LogP contribution is -2.12. The van der Waals surface area contributed by atoms with Crippen LogP contribution in [0.15, 0.2) is 36.7 Å². The molecule has 1 amide bonds. The van der Waals surface area contributed by atoms with Gasteiger partial charge in [-0.3, -0.25) is 9.48 Å². The predicted molar refractivity (Wildman–Crippen MR) is 91.5 cm³/mol. The van der Waals surface area contributed by atoms with Gasteiger partial charge in [-0.05, 0) is 37.1 Å². The largest absolute Gasteiger partial charge is 0.319 e. The Bertz CT molecular complexity index is 1030. The maximum atomic E-state index is 13.8. The number of halogens is 4. The Kier molecular flexibility index (Phi) is 4.98. The number of benzene rings is 2. The second-order valence-electron chi connectivity index (χ2n) is 6.13. The number of rotatable bonds is 4. The van der Waals surface area contributed by atoms with Gasteiger partial charge in [-0.2, -0.15) is 5.10 Å². The molecule has 3 rings (SSSR count). The fourth-order valence-corrected chi connectivity index (χ4v) is 2.51. The Morgan fingerprint density at radius 3 is 2.48 bits per heavy atom. The van der Waals surface area contributed by atoms with E-state index >= 15 is 0 Å². The fraction of sp³-hybridized carbons (Fsp3) is 0.158. The molecule has 1 aromatic heterocycles. The average molecular weight is 377 g/mol. The summed E-state index contributed by atoms with van der Waals surface area (Å²) in [5, 5.41) is 6.49. The smallest absolute Gasteiger partial charge is 0.255 e. The Labute approximate surface area is 152 Å². The summed E-state index contributed by atoms with van der Waals surface area (Å²) in [6.07, 6.45) is 2.62. The summed E-state index contributed by atoms with van der Waals surface area (Å²) in [5.74, 6) is -6.55. The zero-order valence-corrected chi connectivity index (χ0v) is 14.5. The Morgan fingerprint density at radius 2 is 1.78 bits per heavy atom. The van der Waals surface area contributed by atoms with Crippen LogP contribution in [-0.4, -0.2) is 15.7 Å². The standard InChI is InChI=1S/C19H15F4N3O/c1-10-3-4-12(5-11(10)2)19(27)25-13-7-24-26(8-13)9-14-15(20)6-16(21)18(23)17(14)22/h3-8H,9H2,1-2H3,(H,25,27). The molecule has 0 fully saturated rings. The van der Waals surface area contributed by atoms with Crippen molar-refractivity contribution in [1.82, 2.24) is 9.78 Å². The fourth-order valence-electron chi connectivity index (χ4n) is 2.51. The van der Waals surface area contributed by atoms with Crippen LogP contribution in [0.25, 0.3) is 0 Å². The Hall–Kier alpha value is -3.16. The number of nitrogens with one attached hydrogen (secondary N) is 1. The van der Waals surface area contributed by atoms with Gasteiger partial charge in [-0.15, -0.1) is 0 Å². The summed E-state index contributed by atoms with van der Waals surface area (Å²) >= 11 is 0. The molecule has 1 heterocycles. The minimum absolute atomic E-state index is 0.277. The first kappa shape index (κ1) is 18.6. The van der Waals surface area contributed by atoms with E-state index in [1.165, 1.54) is 12.4 Å². The molecule has 0 aliphatic carbocycles. The van der Waals surface area contributed by atoms with E-state index in [0.717, 1.165) is 15.8 Å².